The minimum Gasteiger partial charge on any atom is -0.358 e. The summed E-state index contributed by atoms with van der Waals surface area (Å²) in [7, 11) is 0. The van der Waals surface area contributed by atoms with E-state index in [1.54, 1.807) is 4.90 Å². The maximum atomic E-state index is 14.0. The molecule has 3 aromatic rings. The van der Waals surface area contributed by atoms with Crippen LogP contribution < -0.4 is 5.32 Å². The van der Waals surface area contributed by atoms with Gasteiger partial charge in [-0.25, -0.2) is 0 Å². The number of H-pyrrole nitrogens is 1. The van der Waals surface area contributed by atoms with Gasteiger partial charge in [0, 0.05) is 35.1 Å². The van der Waals surface area contributed by atoms with Gasteiger partial charge in [-0.15, -0.1) is 0 Å². The standard InChI is InChI=1S/C36H42F3N3O2/c1-21-32(27-6-4-5-7-29(27)40-21)33-28(34(33,2)3)15-31(44)42(19-22-8-10-26(11-9-22)36(37,38)39)20-30(43)41-35-16-23-12-24(17-35)14-25(13-23)18-35/h4-11,23-25,28,33,40H,12-20H2,1-3H3,(H,41,43)/t23?,24?,25?,28-,33-,35?/m1/s1. The number of benzene rings is 2. The number of fused-ring (bicyclic) bond motifs is 1. The largest absolute Gasteiger partial charge is 0.416 e. The van der Waals surface area contributed by atoms with E-state index in [2.05, 4.69) is 43.2 Å². The Kier molecular flexibility index (Phi) is 6.94. The Hall–Kier alpha value is -3.29. The number of hydrogen-bond acceptors (Lipinski definition) is 2. The lowest BCUT2D eigenvalue weighted by Crippen LogP contribution is -2.61. The molecule has 1 heterocycles. The number of aryl methyl sites for hydroxylation is 1. The summed E-state index contributed by atoms with van der Waals surface area (Å²) in [6, 6.07) is 13.2. The van der Waals surface area contributed by atoms with Crippen LogP contribution in [0.5, 0.6) is 0 Å². The number of aromatic nitrogens is 1. The molecule has 1 aromatic heterocycles. The second kappa shape index (κ2) is 10.4. The van der Waals surface area contributed by atoms with Crippen LogP contribution in [0.4, 0.5) is 13.2 Å². The van der Waals surface area contributed by atoms with E-state index in [1.165, 1.54) is 42.3 Å². The first-order valence-electron chi connectivity index (χ1n) is 16.1. The van der Waals surface area contributed by atoms with Gasteiger partial charge >= 0.3 is 6.18 Å². The molecule has 0 unspecified atom stereocenters. The van der Waals surface area contributed by atoms with Gasteiger partial charge in [-0.1, -0.05) is 44.2 Å². The highest BCUT2D eigenvalue weighted by Crippen LogP contribution is 2.67. The molecule has 44 heavy (non-hydrogen) atoms. The van der Waals surface area contributed by atoms with Crippen LogP contribution >= 0.6 is 0 Å². The number of aromatic amines is 1. The van der Waals surface area contributed by atoms with Crippen molar-refractivity contribution in [1.82, 2.24) is 15.2 Å². The highest BCUT2D eigenvalue weighted by Gasteiger charge is 2.60. The number of hydrogen-bond donors (Lipinski definition) is 2. The molecule has 0 radical (unpaired) electrons. The third kappa shape index (κ3) is 5.32. The van der Waals surface area contributed by atoms with Crippen LogP contribution in [-0.2, 0) is 22.3 Å². The summed E-state index contributed by atoms with van der Waals surface area (Å²) in [5.74, 6) is 2.01. The van der Waals surface area contributed by atoms with Crippen molar-refractivity contribution in [1.29, 1.82) is 0 Å². The molecule has 8 heteroatoms. The zero-order valence-corrected chi connectivity index (χ0v) is 25.8. The summed E-state index contributed by atoms with van der Waals surface area (Å²) < 4.78 is 39.7. The summed E-state index contributed by atoms with van der Waals surface area (Å²) in [6.07, 6.45) is 2.69. The fourth-order valence-electron chi connectivity index (χ4n) is 9.74. The molecule has 4 bridgehead atoms. The molecule has 2 atom stereocenters. The summed E-state index contributed by atoms with van der Waals surface area (Å²) in [5.41, 5.74) is 3.01. The summed E-state index contributed by atoms with van der Waals surface area (Å²) >= 11 is 0. The van der Waals surface area contributed by atoms with E-state index in [0.29, 0.717) is 23.3 Å². The Morgan fingerprint density at radius 2 is 1.57 bits per heavy atom. The molecule has 2 aromatic carbocycles. The molecule has 5 nitrogen and oxygen atoms in total. The van der Waals surface area contributed by atoms with Gasteiger partial charge in [0.1, 0.15) is 0 Å². The van der Waals surface area contributed by atoms with Crippen LogP contribution in [0.3, 0.4) is 0 Å². The van der Waals surface area contributed by atoms with E-state index in [-0.39, 0.29) is 54.1 Å². The fourth-order valence-corrected chi connectivity index (χ4v) is 9.74. The van der Waals surface area contributed by atoms with Gasteiger partial charge in [0.2, 0.25) is 11.8 Å². The van der Waals surface area contributed by atoms with Gasteiger partial charge in [-0.2, -0.15) is 13.2 Å². The van der Waals surface area contributed by atoms with Crippen LogP contribution in [0.15, 0.2) is 48.5 Å². The number of nitrogens with zero attached hydrogens (tertiary/aromatic N) is 1. The number of alkyl halides is 3. The van der Waals surface area contributed by atoms with E-state index in [0.717, 1.165) is 42.6 Å². The lowest BCUT2D eigenvalue weighted by molar-refractivity contribution is -0.139. The minimum atomic E-state index is -4.43. The Morgan fingerprint density at radius 1 is 0.955 bits per heavy atom. The first-order chi connectivity index (χ1) is 20.8. The molecule has 5 fully saturated rings. The van der Waals surface area contributed by atoms with Crippen molar-refractivity contribution in [2.45, 2.75) is 89.9 Å². The van der Waals surface area contributed by atoms with Crippen molar-refractivity contribution in [3.05, 3.63) is 70.9 Å². The number of nitrogens with one attached hydrogen (secondary N) is 2. The summed E-state index contributed by atoms with van der Waals surface area (Å²) in [6.45, 7) is 6.46. The molecule has 234 valence electrons. The quantitative estimate of drug-likeness (QED) is 0.276. The predicted molar refractivity (Wildman–Crippen MR) is 164 cm³/mol. The second-order valence-corrected chi connectivity index (χ2v) is 15.0. The molecule has 0 saturated heterocycles. The van der Waals surface area contributed by atoms with Gasteiger partial charge in [0.25, 0.3) is 0 Å². The zero-order chi connectivity index (χ0) is 31.0. The Bertz CT molecular complexity index is 1550. The van der Waals surface area contributed by atoms with Crippen LogP contribution in [-0.4, -0.2) is 33.8 Å². The maximum absolute atomic E-state index is 14.0. The normalized spacial score (nSPS) is 30.0. The summed E-state index contributed by atoms with van der Waals surface area (Å²) in [5, 5.41) is 4.56. The van der Waals surface area contributed by atoms with Crippen LogP contribution in [0, 0.1) is 36.0 Å². The second-order valence-electron chi connectivity index (χ2n) is 15.0. The Morgan fingerprint density at radius 3 is 2.18 bits per heavy atom. The van der Waals surface area contributed by atoms with Crippen molar-refractivity contribution in [3.8, 4) is 0 Å². The lowest BCUT2D eigenvalue weighted by atomic mass is 9.53. The van der Waals surface area contributed by atoms with E-state index >= 15 is 0 Å². The van der Waals surface area contributed by atoms with Crippen molar-refractivity contribution >= 4 is 22.7 Å². The molecule has 5 aliphatic rings. The van der Waals surface area contributed by atoms with Crippen LogP contribution in [0.1, 0.15) is 87.1 Å². The molecule has 5 aliphatic carbocycles. The van der Waals surface area contributed by atoms with Gasteiger partial charge in [-0.3, -0.25) is 9.59 Å². The van der Waals surface area contributed by atoms with Gasteiger partial charge < -0.3 is 15.2 Å². The number of para-hydroxylation sites is 1. The van der Waals surface area contributed by atoms with Crippen molar-refractivity contribution in [3.63, 3.8) is 0 Å². The number of halogens is 3. The molecule has 2 amide bonds. The molecule has 0 spiro atoms. The van der Waals surface area contributed by atoms with Gasteiger partial charge in [-0.05, 0) is 110 Å². The van der Waals surface area contributed by atoms with E-state index < -0.39 is 11.7 Å². The third-order valence-electron chi connectivity index (χ3n) is 11.5. The highest BCUT2D eigenvalue weighted by molar-refractivity contribution is 5.88. The zero-order valence-electron chi connectivity index (χ0n) is 25.8. The van der Waals surface area contributed by atoms with Crippen molar-refractivity contribution in [2.24, 2.45) is 29.1 Å². The number of rotatable bonds is 8. The molecule has 0 aliphatic heterocycles. The van der Waals surface area contributed by atoms with Crippen molar-refractivity contribution in [2.75, 3.05) is 6.54 Å². The molecule has 8 rings (SSSR count). The Balaban J connectivity index is 1.10. The van der Waals surface area contributed by atoms with Crippen LogP contribution in [0.2, 0.25) is 0 Å². The van der Waals surface area contributed by atoms with E-state index in [1.807, 2.05) is 12.1 Å². The third-order valence-corrected chi connectivity index (χ3v) is 11.5. The van der Waals surface area contributed by atoms with E-state index in [9.17, 15) is 22.8 Å². The van der Waals surface area contributed by atoms with Gasteiger partial charge in [0.05, 0.1) is 12.1 Å². The first-order valence-corrected chi connectivity index (χ1v) is 16.1. The van der Waals surface area contributed by atoms with Crippen LogP contribution in [0.25, 0.3) is 10.9 Å². The molecular formula is C36H42F3N3O2. The maximum Gasteiger partial charge on any atom is 0.416 e. The van der Waals surface area contributed by atoms with Crippen molar-refractivity contribution < 1.29 is 22.8 Å². The molecule has 2 N–H and O–H groups in total. The highest BCUT2D eigenvalue weighted by atomic mass is 19.4. The van der Waals surface area contributed by atoms with Gasteiger partial charge in [0.15, 0.2) is 0 Å². The topological polar surface area (TPSA) is 65.2 Å². The average Bonchev–Trinajstić information content (AvgIpc) is 3.28. The molecule has 5 saturated carbocycles. The monoisotopic (exact) mass is 605 g/mol. The smallest absolute Gasteiger partial charge is 0.358 e. The SMILES string of the molecule is Cc1[nH]c2ccccc2c1[C@H]1[C@@H](CC(=O)N(CC(=O)NC23CC4CC(CC(C4)C2)C3)Cc2ccc(C(F)(F)F)cc2)C1(C)C. The number of carbonyl (C=O) groups is 2. The van der Waals surface area contributed by atoms with E-state index in [4.69, 9.17) is 0 Å². The fraction of sp³-hybridized carbons (Fsp3) is 0.556. The lowest BCUT2D eigenvalue weighted by Gasteiger charge is -2.57. The minimum absolute atomic E-state index is 0.0917. The number of carbonyl (C=O) groups excluding carboxylic acids is 2. The summed E-state index contributed by atoms with van der Waals surface area (Å²) in [4.78, 5) is 32.7. The first kappa shape index (κ1) is 29.4. The Labute approximate surface area is 257 Å². The number of amides is 2. The molecular weight excluding hydrogens is 563 g/mol. The predicted octanol–water partition coefficient (Wildman–Crippen LogP) is 7.74. The average molecular weight is 606 g/mol.